The van der Waals surface area contributed by atoms with Gasteiger partial charge >= 0.3 is 5.69 Å². The normalized spacial score (nSPS) is 11.2. The number of ether oxygens (including phenoxy) is 1. The third-order valence-corrected chi connectivity index (χ3v) is 2.95. The highest BCUT2D eigenvalue weighted by molar-refractivity contribution is 6.32. The van der Waals surface area contributed by atoms with E-state index in [1.807, 2.05) is 0 Å². The largest absolute Gasteiger partial charge is 0.495 e. The van der Waals surface area contributed by atoms with Gasteiger partial charge in [-0.15, -0.1) is 5.10 Å². The molecule has 0 spiro atoms. The summed E-state index contributed by atoms with van der Waals surface area (Å²) in [5, 5.41) is 3.42. The summed E-state index contributed by atoms with van der Waals surface area (Å²) in [6.07, 6.45) is -2.95. The molecule has 2 aromatic rings. The van der Waals surface area contributed by atoms with Crippen LogP contribution >= 0.6 is 11.6 Å². The lowest BCUT2D eigenvalue weighted by Crippen LogP contribution is -2.23. The Kier molecular flexibility index (Phi) is 3.76. The van der Waals surface area contributed by atoms with Crippen LogP contribution in [0.15, 0.2) is 16.9 Å². The average Bonchev–Trinajstić information content (AvgIpc) is 2.67. The number of benzene rings is 1. The second-order valence-corrected chi connectivity index (χ2v) is 4.26. The highest BCUT2D eigenvalue weighted by Crippen LogP contribution is 2.29. The van der Waals surface area contributed by atoms with Crippen molar-refractivity contribution >= 4 is 11.6 Å². The smallest absolute Gasteiger partial charge is 0.350 e. The van der Waals surface area contributed by atoms with Crippen LogP contribution in [-0.4, -0.2) is 21.5 Å². The Balaban J connectivity index is 2.69. The van der Waals surface area contributed by atoms with E-state index in [-0.39, 0.29) is 16.5 Å². The van der Waals surface area contributed by atoms with E-state index in [9.17, 15) is 18.0 Å². The maximum absolute atomic E-state index is 13.8. The standard InChI is InChI=1S/C11H9ClF3N3O2/c1-17-10(9(14)15)16-18(11(17)19)7-4-8(20-2)5(12)3-6(7)13/h3-4,9H,1-2H3. The highest BCUT2D eigenvalue weighted by atomic mass is 35.5. The third-order valence-electron chi connectivity index (χ3n) is 2.66. The van der Waals surface area contributed by atoms with Gasteiger partial charge in [-0.05, 0) is 6.07 Å². The maximum Gasteiger partial charge on any atom is 0.350 e. The molecule has 0 saturated carbocycles. The van der Waals surface area contributed by atoms with Crippen LogP contribution in [0.1, 0.15) is 12.2 Å². The molecule has 108 valence electrons. The topological polar surface area (TPSA) is 49.0 Å². The summed E-state index contributed by atoms with van der Waals surface area (Å²) in [6.45, 7) is 0. The minimum absolute atomic E-state index is 0.00758. The average molecular weight is 308 g/mol. The van der Waals surface area contributed by atoms with Crippen LogP contribution in [0.2, 0.25) is 5.02 Å². The number of nitrogens with zero attached hydrogens (tertiary/aromatic N) is 3. The van der Waals surface area contributed by atoms with E-state index in [1.54, 1.807) is 0 Å². The molecule has 0 amide bonds. The molecule has 0 aliphatic rings. The number of alkyl halides is 2. The number of hydrogen-bond acceptors (Lipinski definition) is 3. The molecule has 20 heavy (non-hydrogen) atoms. The van der Waals surface area contributed by atoms with Gasteiger partial charge in [-0.2, -0.15) is 4.68 Å². The predicted octanol–water partition coefficient (Wildman–Crippen LogP) is 2.31. The molecule has 2 rings (SSSR count). The zero-order valence-corrected chi connectivity index (χ0v) is 11.2. The lowest BCUT2D eigenvalue weighted by Gasteiger charge is -2.07. The number of methoxy groups -OCH3 is 1. The van der Waals surface area contributed by atoms with Gasteiger partial charge in [-0.1, -0.05) is 11.6 Å². The van der Waals surface area contributed by atoms with Crippen molar-refractivity contribution in [1.82, 2.24) is 14.3 Å². The minimum Gasteiger partial charge on any atom is -0.495 e. The molecule has 9 heteroatoms. The Morgan fingerprint density at radius 3 is 2.55 bits per heavy atom. The van der Waals surface area contributed by atoms with Crippen molar-refractivity contribution in [2.24, 2.45) is 7.05 Å². The molecule has 5 nitrogen and oxygen atoms in total. The summed E-state index contributed by atoms with van der Waals surface area (Å²) in [6, 6.07) is 2.03. The maximum atomic E-state index is 13.8. The molecule has 0 atom stereocenters. The monoisotopic (exact) mass is 307 g/mol. The quantitative estimate of drug-likeness (QED) is 0.874. The Bertz CT molecular complexity index is 712. The van der Waals surface area contributed by atoms with E-state index in [2.05, 4.69) is 5.10 Å². The summed E-state index contributed by atoms with van der Waals surface area (Å²) in [7, 11) is 2.42. The molecule has 1 heterocycles. The molecule has 0 aliphatic heterocycles. The number of rotatable bonds is 3. The van der Waals surface area contributed by atoms with Gasteiger partial charge in [-0.25, -0.2) is 18.0 Å². The van der Waals surface area contributed by atoms with Crippen LogP contribution in [-0.2, 0) is 7.05 Å². The van der Waals surface area contributed by atoms with Crippen molar-refractivity contribution in [3.8, 4) is 11.4 Å². The first-order chi connectivity index (χ1) is 9.36. The van der Waals surface area contributed by atoms with Gasteiger partial charge in [0.05, 0.1) is 12.1 Å². The van der Waals surface area contributed by atoms with E-state index in [0.717, 1.165) is 19.2 Å². The van der Waals surface area contributed by atoms with Gasteiger partial charge in [0, 0.05) is 13.1 Å². The summed E-state index contributed by atoms with van der Waals surface area (Å²) in [5.74, 6) is -1.54. The SMILES string of the molecule is COc1cc(-n2nc(C(F)F)n(C)c2=O)c(F)cc1Cl. The van der Waals surface area contributed by atoms with Crippen molar-refractivity contribution in [2.75, 3.05) is 7.11 Å². The molecule has 1 aromatic heterocycles. The van der Waals surface area contributed by atoms with Gasteiger partial charge in [0.2, 0.25) is 5.82 Å². The van der Waals surface area contributed by atoms with Crippen molar-refractivity contribution in [1.29, 1.82) is 0 Å². The summed E-state index contributed by atoms with van der Waals surface area (Å²) in [5.41, 5.74) is -1.22. The van der Waals surface area contributed by atoms with E-state index in [4.69, 9.17) is 16.3 Å². The van der Waals surface area contributed by atoms with E-state index in [1.165, 1.54) is 7.11 Å². The Morgan fingerprint density at radius 1 is 1.40 bits per heavy atom. The second-order valence-electron chi connectivity index (χ2n) is 3.85. The molecule has 0 aliphatic carbocycles. The molecule has 0 bridgehead atoms. The zero-order valence-electron chi connectivity index (χ0n) is 10.4. The Hall–Kier alpha value is -1.96. The fourth-order valence-electron chi connectivity index (χ4n) is 1.64. The van der Waals surface area contributed by atoms with Crippen LogP contribution in [0.4, 0.5) is 13.2 Å². The molecule has 0 radical (unpaired) electrons. The van der Waals surface area contributed by atoms with Crippen molar-refractivity contribution < 1.29 is 17.9 Å². The minimum atomic E-state index is -2.95. The lowest BCUT2D eigenvalue weighted by atomic mass is 10.3. The van der Waals surface area contributed by atoms with E-state index < -0.39 is 23.8 Å². The van der Waals surface area contributed by atoms with Crippen LogP contribution in [0.25, 0.3) is 5.69 Å². The van der Waals surface area contributed by atoms with Gasteiger partial charge in [0.15, 0.2) is 5.82 Å². The zero-order chi connectivity index (χ0) is 15.0. The third kappa shape index (κ3) is 2.26. The Morgan fingerprint density at radius 2 is 2.05 bits per heavy atom. The van der Waals surface area contributed by atoms with Crippen LogP contribution in [0, 0.1) is 5.82 Å². The first kappa shape index (κ1) is 14.4. The first-order valence-electron chi connectivity index (χ1n) is 5.34. The number of hydrogen-bond donors (Lipinski definition) is 0. The Labute approximate surface area is 116 Å². The molecular weight excluding hydrogens is 299 g/mol. The van der Waals surface area contributed by atoms with E-state index >= 15 is 0 Å². The predicted molar refractivity (Wildman–Crippen MR) is 65.3 cm³/mol. The first-order valence-corrected chi connectivity index (χ1v) is 5.72. The highest BCUT2D eigenvalue weighted by Gasteiger charge is 2.22. The van der Waals surface area contributed by atoms with Gasteiger partial charge in [0.1, 0.15) is 11.4 Å². The molecule has 0 unspecified atom stereocenters. The van der Waals surface area contributed by atoms with Crippen molar-refractivity contribution in [2.45, 2.75) is 6.43 Å². The second kappa shape index (κ2) is 5.20. The lowest BCUT2D eigenvalue weighted by molar-refractivity contribution is 0.136. The number of halogens is 4. The van der Waals surface area contributed by atoms with Gasteiger partial charge in [0.25, 0.3) is 6.43 Å². The summed E-state index contributed by atoms with van der Waals surface area (Å²) >= 11 is 5.72. The van der Waals surface area contributed by atoms with Crippen LogP contribution in [0.3, 0.4) is 0 Å². The fourth-order valence-corrected chi connectivity index (χ4v) is 1.86. The summed E-state index contributed by atoms with van der Waals surface area (Å²) < 4.78 is 45.3. The van der Waals surface area contributed by atoms with Crippen LogP contribution in [0.5, 0.6) is 5.75 Å². The molecular formula is C11H9ClF3N3O2. The van der Waals surface area contributed by atoms with Crippen molar-refractivity contribution in [3.63, 3.8) is 0 Å². The summed E-state index contributed by atoms with van der Waals surface area (Å²) in [4.78, 5) is 11.8. The van der Waals surface area contributed by atoms with Crippen LogP contribution < -0.4 is 10.4 Å². The molecule has 0 N–H and O–H groups in total. The van der Waals surface area contributed by atoms with E-state index in [0.29, 0.717) is 9.25 Å². The van der Waals surface area contributed by atoms with Crippen molar-refractivity contribution in [3.05, 3.63) is 39.3 Å². The molecule has 0 saturated heterocycles. The number of aromatic nitrogens is 3. The molecule has 0 fully saturated rings. The fraction of sp³-hybridized carbons (Fsp3) is 0.273. The van der Waals surface area contributed by atoms with Gasteiger partial charge in [-0.3, -0.25) is 4.57 Å². The molecule has 1 aromatic carbocycles. The van der Waals surface area contributed by atoms with Gasteiger partial charge < -0.3 is 4.74 Å².